The van der Waals surface area contributed by atoms with Crippen LogP contribution in [0.4, 0.5) is 5.69 Å². The molecule has 1 amide bonds. The lowest BCUT2D eigenvalue weighted by molar-refractivity contribution is -0.709. The Morgan fingerprint density at radius 2 is 1.83 bits per heavy atom. The maximum absolute atomic E-state index is 12.8. The smallest absolute Gasteiger partial charge is 0.287 e. The van der Waals surface area contributed by atoms with Crippen LogP contribution in [0.1, 0.15) is 31.0 Å². The Hall–Kier alpha value is -2.33. The van der Waals surface area contributed by atoms with Crippen LogP contribution in [0, 0.1) is 6.92 Å². The second kappa shape index (κ2) is 7.79. The van der Waals surface area contributed by atoms with Crippen molar-refractivity contribution < 1.29 is 14.8 Å². The van der Waals surface area contributed by atoms with Crippen LogP contribution in [0.5, 0.6) is 5.75 Å². The van der Waals surface area contributed by atoms with Gasteiger partial charge in [0.2, 0.25) is 0 Å². The van der Waals surface area contributed by atoms with E-state index in [1.807, 2.05) is 55.5 Å². The predicted octanol–water partition coefficient (Wildman–Crippen LogP) is 2.66. The van der Waals surface area contributed by atoms with Gasteiger partial charge in [0.25, 0.3) is 5.91 Å². The van der Waals surface area contributed by atoms with E-state index >= 15 is 0 Å². The molecule has 0 heterocycles. The Morgan fingerprint density at radius 1 is 1.13 bits per heavy atom. The molecule has 0 aliphatic heterocycles. The van der Waals surface area contributed by atoms with E-state index in [9.17, 15) is 4.79 Å². The Labute approximate surface area is 137 Å². The molecule has 0 saturated carbocycles. The molecule has 122 valence electrons. The van der Waals surface area contributed by atoms with Crippen molar-refractivity contribution >= 4 is 11.6 Å². The van der Waals surface area contributed by atoms with Gasteiger partial charge < -0.3 is 15.4 Å². The summed E-state index contributed by atoms with van der Waals surface area (Å²) in [5.74, 6) is 0.620. The molecule has 4 nitrogen and oxygen atoms in total. The van der Waals surface area contributed by atoms with Gasteiger partial charge in [0, 0.05) is 5.56 Å². The van der Waals surface area contributed by atoms with Gasteiger partial charge in [-0.05, 0) is 38.5 Å². The third kappa shape index (κ3) is 4.57. The molecule has 23 heavy (non-hydrogen) atoms. The quantitative estimate of drug-likeness (QED) is 0.861. The number of nitrogens with two attached hydrogens (primary N) is 1. The molecule has 0 aliphatic rings. The largest absolute Gasteiger partial charge is 0.495 e. The molecule has 0 fully saturated rings. The zero-order valence-corrected chi connectivity index (χ0v) is 14.2. The van der Waals surface area contributed by atoms with E-state index in [2.05, 4.69) is 24.5 Å². The standard InChI is InChI=1S/C19H24N2O2/c1-13(2)20-18(15-8-6-5-7-9-15)19(22)21-16-12-14(3)10-11-17(16)23-4/h5-13,18,20H,1-4H3,(H,21,22)/p+1/t18-/m1/s1. The summed E-state index contributed by atoms with van der Waals surface area (Å²) in [6.45, 7) is 6.15. The lowest BCUT2D eigenvalue weighted by Gasteiger charge is -2.19. The molecule has 0 spiro atoms. The number of ether oxygens (including phenoxy) is 1. The van der Waals surface area contributed by atoms with Crippen LogP contribution in [-0.2, 0) is 4.79 Å². The van der Waals surface area contributed by atoms with Crippen LogP contribution in [-0.4, -0.2) is 19.1 Å². The second-order valence-corrected chi connectivity index (χ2v) is 6.02. The fourth-order valence-electron chi connectivity index (χ4n) is 2.53. The van der Waals surface area contributed by atoms with Gasteiger partial charge >= 0.3 is 0 Å². The maximum atomic E-state index is 12.8. The zero-order chi connectivity index (χ0) is 16.8. The van der Waals surface area contributed by atoms with Gasteiger partial charge in [0.15, 0.2) is 6.04 Å². The van der Waals surface area contributed by atoms with Crippen molar-refractivity contribution in [3.63, 3.8) is 0 Å². The van der Waals surface area contributed by atoms with E-state index in [1.165, 1.54) is 0 Å². The average molecular weight is 313 g/mol. The van der Waals surface area contributed by atoms with E-state index in [0.29, 0.717) is 17.5 Å². The van der Waals surface area contributed by atoms with Gasteiger partial charge in [-0.1, -0.05) is 36.4 Å². The minimum Gasteiger partial charge on any atom is -0.495 e. The molecule has 3 N–H and O–H groups in total. The molecule has 0 bridgehead atoms. The molecule has 2 aromatic carbocycles. The van der Waals surface area contributed by atoms with Crippen molar-refractivity contribution in [3.8, 4) is 5.75 Å². The van der Waals surface area contributed by atoms with Gasteiger partial charge in [0.05, 0.1) is 18.8 Å². The molecule has 0 aromatic heterocycles. The minimum absolute atomic E-state index is 0.0474. The highest BCUT2D eigenvalue weighted by molar-refractivity contribution is 5.95. The fraction of sp³-hybridized carbons (Fsp3) is 0.316. The average Bonchev–Trinajstić information content (AvgIpc) is 2.53. The number of aryl methyl sites for hydroxylation is 1. The molecule has 4 heteroatoms. The van der Waals surface area contributed by atoms with Crippen molar-refractivity contribution in [2.75, 3.05) is 12.4 Å². The Morgan fingerprint density at radius 3 is 2.43 bits per heavy atom. The fourth-order valence-corrected chi connectivity index (χ4v) is 2.53. The Balaban J connectivity index is 2.26. The number of carbonyl (C=O) groups is 1. The van der Waals surface area contributed by atoms with Crippen LogP contribution in [0.15, 0.2) is 48.5 Å². The normalized spacial score (nSPS) is 12.0. The Bertz CT molecular complexity index is 654. The number of hydrogen-bond acceptors (Lipinski definition) is 2. The summed E-state index contributed by atoms with van der Waals surface area (Å²) in [5.41, 5.74) is 2.77. The molecule has 0 aliphatic carbocycles. The van der Waals surface area contributed by atoms with E-state index in [-0.39, 0.29) is 11.9 Å². The highest BCUT2D eigenvalue weighted by Crippen LogP contribution is 2.26. The number of anilines is 1. The van der Waals surface area contributed by atoms with Gasteiger partial charge in [-0.3, -0.25) is 4.79 Å². The lowest BCUT2D eigenvalue weighted by Crippen LogP contribution is -2.91. The molecule has 2 rings (SSSR count). The second-order valence-electron chi connectivity index (χ2n) is 6.02. The van der Waals surface area contributed by atoms with Crippen molar-refractivity contribution in [1.29, 1.82) is 0 Å². The van der Waals surface area contributed by atoms with E-state index in [4.69, 9.17) is 4.74 Å². The van der Waals surface area contributed by atoms with Crippen LogP contribution >= 0.6 is 0 Å². The Kier molecular flexibility index (Phi) is 5.77. The first-order valence-electron chi connectivity index (χ1n) is 7.86. The van der Waals surface area contributed by atoms with E-state index in [1.54, 1.807) is 7.11 Å². The summed E-state index contributed by atoms with van der Waals surface area (Å²) in [4.78, 5) is 12.8. The van der Waals surface area contributed by atoms with E-state index < -0.39 is 0 Å². The molecular weight excluding hydrogens is 288 g/mol. The van der Waals surface area contributed by atoms with E-state index in [0.717, 1.165) is 11.1 Å². The van der Waals surface area contributed by atoms with Gasteiger partial charge in [0.1, 0.15) is 5.75 Å². The number of nitrogens with one attached hydrogen (secondary N) is 1. The number of carbonyl (C=O) groups excluding carboxylic acids is 1. The van der Waals surface area contributed by atoms with Crippen molar-refractivity contribution in [3.05, 3.63) is 59.7 Å². The first kappa shape index (κ1) is 17.0. The molecule has 2 aromatic rings. The summed E-state index contributed by atoms with van der Waals surface area (Å²) in [5, 5.41) is 5.07. The summed E-state index contributed by atoms with van der Waals surface area (Å²) in [6, 6.07) is 15.6. The zero-order valence-electron chi connectivity index (χ0n) is 14.2. The first-order chi connectivity index (χ1) is 11.0. The molecule has 1 atom stereocenters. The molecular formula is C19H25N2O2+. The minimum atomic E-state index is -0.290. The molecule has 0 unspecified atom stereocenters. The summed E-state index contributed by atoms with van der Waals surface area (Å²) >= 11 is 0. The van der Waals surface area contributed by atoms with Crippen LogP contribution in [0.25, 0.3) is 0 Å². The van der Waals surface area contributed by atoms with Crippen LogP contribution in [0.3, 0.4) is 0 Å². The summed E-state index contributed by atoms with van der Waals surface area (Å²) in [6.07, 6.45) is 0. The third-order valence-corrected chi connectivity index (χ3v) is 3.63. The first-order valence-corrected chi connectivity index (χ1v) is 7.86. The SMILES string of the molecule is COc1ccc(C)cc1NC(=O)[C@H]([NH2+]C(C)C)c1ccccc1. The van der Waals surface area contributed by atoms with Crippen molar-refractivity contribution in [2.45, 2.75) is 32.9 Å². The monoisotopic (exact) mass is 313 g/mol. The molecule has 0 saturated heterocycles. The van der Waals surface area contributed by atoms with Crippen molar-refractivity contribution in [1.82, 2.24) is 0 Å². The topological polar surface area (TPSA) is 54.9 Å². The predicted molar refractivity (Wildman–Crippen MR) is 92.6 cm³/mol. The highest BCUT2D eigenvalue weighted by Gasteiger charge is 2.25. The summed E-state index contributed by atoms with van der Waals surface area (Å²) in [7, 11) is 1.61. The number of quaternary nitrogens is 1. The number of benzene rings is 2. The number of rotatable bonds is 6. The van der Waals surface area contributed by atoms with Gasteiger partial charge in [-0.25, -0.2) is 0 Å². The van der Waals surface area contributed by atoms with Gasteiger partial charge in [-0.2, -0.15) is 0 Å². The maximum Gasteiger partial charge on any atom is 0.287 e. The third-order valence-electron chi connectivity index (χ3n) is 3.63. The number of amides is 1. The number of hydrogen-bond donors (Lipinski definition) is 2. The molecule has 0 radical (unpaired) electrons. The van der Waals surface area contributed by atoms with Crippen molar-refractivity contribution in [2.24, 2.45) is 0 Å². The van der Waals surface area contributed by atoms with Crippen LogP contribution < -0.4 is 15.4 Å². The lowest BCUT2D eigenvalue weighted by atomic mass is 10.0. The summed E-state index contributed by atoms with van der Waals surface area (Å²) < 4.78 is 5.34. The van der Waals surface area contributed by atoms with Gasteiger partial charge in [-0.15, -0.1) is 0 Å². The highest BCUT2D eigenvalue weighted by atomic mass is 16.5. The number of methoxy groups -OCH3 is 1. The van der Waals surface area contributed by atoms with Crippen LogP contribution in [0.2, 0.25) is 0 Å².